The Kier molecular flexibility index (Phi) is 5.71. The van der Waals surface area contributed by atoms with Crippen LogP contribution in [0.1, 0.15) is 42.4 Å². The average Bonchev–Trinajstić information content (AvgIpc) is 2.39. The van der Waals surface area contributed by atoms with Crippen molar-refractivity contribution in [2.45, 2.75) is 25.7 Å². The molecule has 0 bridgehead atoms. The van der Waals surface area contributed by atoms with E-state index >= 15 is 0 Å². The van der Waals surface area contributed by atoms with Crippen LogP contribution in [-0.4, -0.2) is 13.6 Å². The topological polar surface area (TPSA) is 12.0 Å². The molecule has 1 atom stereocenters. The molecule has 0 saturated carbocycles. The first-order valence-corrected chi connectivity index (χ1v) is 6.30. The van der Waals surface area contributed by atoms with Crippen molar-refractivity contribution in [3.05, 3.63) is 48.0 Å². The molecule has 17 heavy (non-hydrogen) atoms. The summed E-state index contributed by atoms with van der Waals surface area (Å²) >= 11 is 0. The molecule has 0 aliphatic carbocycles. The Bertz CT molecular complexity index is 379. The monoisotopic (exact) mass is 229 g/mol. The molecule has 1 rings (SSSR count). The standard InChI is InChI=1S/C16H23N/c1-5-13-8-9-16(12-15(13)7-3)14(6-2)10-11-17-4/h5,7-9,12,14,17H,1,3,6,10-11H2,2,4H3. The quantitative estimate of drug-likeness (QED) is 0.743. The van der Waals surface area contributed by atoms with Crippen LogP contribution >= 0.6 is 0 Å². The van der Waals surface area contributed by atoms with Gasteiger partial charge < -0.3 is 5.32 Å². The SMILES string of the molecule is C=Cc1ccc(C(CC)CCNC)cc1C=C. The van der Waals surface area contributed by atoms with Crippen LogP contribution in [0.3, 0.4) is 0 Å². The predicted molar refractivity (Wildman–Crippen MR) is 78.2 cm³/mol. The van der Waals surface area contributed by atoms with Crippen molar-refractivity contribution in [1.82, 2.24) is 5.32 Å². The Hall–Kier alpha value is -1.34. The third-order valence-corrected chi connectivity index (χ3v) is 3.26. The Morgan fingerprint density at radius 2 is 1.94 bits per heavy atom. The first kappa shape index (κ1) is 13.7. The summed E-state index contributed by atoms with van der Waals surface area (Å²) in [7, 11) is 2.00. The van der Waals surface area contributed by atoms with Crippen LogP contribution in [0.15, 0.2) is 31.4 Å². The van der Waals surface area contributed by atoms with Gasteiger partial charge in [0.1, 0.15) is 0 Å². The van der Waals surface area contributed by atoms with E-state index in [1.807, 2.05) is 19.2 Å². The fourth-order valence-corrected chi connectivity index (χ4v) is 2.13. The minimum atomic E-state index is 0.625. The van der Waals surface area contributed by atoms with Gasteiger partial charge in [0.15, 0.2) is 0 Å². The molecule has 1 nitrogen and oxygen atoms in total. The van der Waals surface area contributed by atoms with Gasteiger partial charge in [-0.1, -0.05) is 50.4 Å². The minimum absolute atomic E-state index is 0.625. The number of benzene rings is 1. The molecule has 1 unspecified atom stereocenters. The first-order valence-electron chi connectivity index (χ1n) is 6.30. The molecule has 0 saturated heterocycles. The molecule has 1 heteroatoms. The van der Waals surface area contributed by atoms with Crippen molar-refractivity contribution in [3.63, 3.8) is 0 Å². The zero-order valence-corrected chi connectivity index (χ0v) is 11.0. The van der Waals surface area contributed by atoms with E-state index in [2.05, 4.69) is 43.6 Å². The van der Waals surface area contributed by atoms with Gasteiger partial charge in [-0.25, -0.2) is 0 Å². The maximum Gasteiger partial charge on any atom is -0.00461 e. The Morgan fingerprint density at radius 1 is 1.24 bits per heavy atom. The summed E-state index contributed by atoms with van der Waals surface area (Å²) in [5.74, 6) is 0.625. The number of rotatable bonds is 7. The van der Waals surface area contributed by atoms with Gasteiger partial charge in [-0.2, -0.15) is 0 Å². The average molecular weight is 229 g/mol. The molecule has 0 aliphatic rings. The molecule has 0 amide bonds. The van der Waals surface area contributed by atoms with Crippen LogP contribution in [0.5, 0.6) is 0 Å². The summed E-state index contributed by atoms with van der Waals surface area (Å²) in [6.45, 7) is 11.0. The maximum absolute atomic E-state index is 3.87. The van der Waals surface area contributed by atoms with E-state index < -0.39 is 0 Å². The van der Waals surface area contributed by atoms with Gasteiger partial charge in [-0.15, -0.1) is 0 Å². The van der Waals surface area contributed by atoms with Gasteiger partial charge in [-0.05, 0) is 49.0 Å². The molecule has 0 radical (unpaired) electrons. The Labute approximate surface area is 105 Å². The summed E-state index contributed by atoms with van der Waals surface area (Å²) < 4.78 is 0. The molecule has 92 valence electrons. The maximum atomic E-state index is 3.87. The van der Waals surface area contributed by atoms with E-state index in [0.717, 1.165) is 12.1 Å². The third kappa shape index (κ3) is 3.57. The highest BCUT2D eigenvalue weighted by Gasteiger charge is 2.09. The second-order valence-corrected chi connectivity index (χ2v) is 4.29. The van der Waals surface area contributed by atoms with Gasteiger partial charge in [0.05, 0.1) is 0 Å². The van der Waals surface area contributed by atoms with Gasteiger partial charge in [-0.3, -0.25) is 0 Å². The van der Waals surface area contributed by atoms with Crippen LogP contribution in [0, 0.1) is 0 Å². The lowest BCUT2D eigenvalue weighted by atomic mass is 9.90. The molecular formula is C16H23N. The first-order chi connectivity index (χ1) is 8.26. The Morgan fingerprint density at radius 3 is 2.47 bits per heavy atom. The molecule has 0 fully saturated rings. The zero-order valence-electron chi connectivity index (χ0n) is 11.0. The number of hydrogen-bond acceptors (Lipinski definition) is 1. The lowest BCUT2D eigenvalue weighted by Crippen LogP contribution is -2.12. The van der Waals surface area contributed by atoms with Crippen LogP contribution in [-0.2, 0) is 0 Å². The third-order valence-electron chi connectivity index (χ3n) is 3.26. The molecule has 0 aliphatic heterocycles. The lowest BCUT2D eigenvalue weighted by molar-refractivity contribution is 0.581. The van der Waals surface area contributed by atoms with E-state index in [4.69, 9.17) is 0 Å². The molecule has 1 aromatic carbocycles. The molecule has 0 spiro atoms. The molecule has 1 N–H and O–H groups in total. The molecule has 0 aromatic heterocycles. The summed E-state index contributed by atoms with van der Waals surface area (Å²) in [4.78, 5) is 0. The van der Waals surface area contributed by atoms with Crippen LogP contribution in [0.4, 0.5) is 0 Å². The van der Waals surface area contributed by atoms with Crippen LogP contribution in [0.25, 0.3) is 12.2 Å². The highest BCUT2D eigenvalue weighted by atomic mass is 14.8. The van der Waals surface area contributed by atoms with E-state index in [1.165, 1.54) is 24.0 Å². The summed E-state index contributed by atoms with van der Waals surface area (Å²) in [5, 5.41) is 3.22. The van der Waals surface area contributed by atoms with E-state index in [-0.39, 0.29) is 0 Å². The van der Waals surface area contributed by atoms with Gasteiger partial charge >= 0.3 is 0 Å². The lowest BCUT2D eigenvalue weighted by Gasteiger charge is -2.16. The minimum Gasteiger partial charge on any atom is -0.320 e. The summed E-state index contributed by atoms with van der Waals surface area (Å²) in [5.41, 5.74) is 3.75. The zero-order chi connectivity index (χ0) is 12.7. The fraction of sp³-hybridized carbons (Fsp3) is 0.375. The second kappa shape index (κ2) is 7.08. The van der Waals surface area contributed by atoms with E-state index in [1.54, 1.807) is 0 Å². The molecule has 1 aromatic rings. The highest BCUT2D eigenvalue weighted by molar-refractivity contribution is 5.64. The van der Waals surface area contributed by atoms with Crippen molar-refractivity contribution in [2.75, 3.05) is 13.6 Å². The molecule has 0 heterocycles. The van der Waals surface area contributed by atoms with Crippen LogP contribution in [0.2, 0.25) is 0 Å². The van der Waals surface area contributed by atoms with Gasteiger partial charge in [0, 0.05) is 0 Å². The normalized spacial score (nSPS) is 12.1. The van der Waals surface area contributed by atoms with Crippen molar-refractivity contribution in [3.8, 4) is 0 Å². The van der Waals surface area contributed by atoms with Crippen molar-refractivity contribution in [1.29, 1.82) is 0 Å². The smallest absolute Gasteiger partial charge is 0.00461 e. The second-order valence-electron chi connectivity index (χ2n) is 4.29. The van der Waals surface area contributed by atoms with Crippen LogP contribution < -0.4 is 5.32 Å². The van der Waals surface area contributed by atoms with Crippen molar-refractivity contribution in [2.24, 2.45) is 0 Å². The largest absolute Gasteiger partial charge is 0.320 e. The summed E-state index contributed by atoms with van der Waals surface area (Å²) in [6.07, 6.45) is 6.14. The summed E-state index contributed by atoms with van der Waals surface area (Å²) in [6, 6.07) is 6.60. The predicted octanol–water partition coefficient (Wildman–Crippen LogP) is 4.08. The van der Waals surface area contributed by atoms with E-state index in [9.17, 15) is 0 Å². The highest BCUT2D eigenvalue weighted by Crippen LogP contribution is 2.26. The Balaban J connectivity index is 2.96. The molecular weight excluding hydrogens is 206 g/mol. The fourth-order valence-electron chi connectivity index (χ4n) is 2.13. The van der Waals surface area contributed by atoms with Crippen molar-refractivity contribution < 1.29 is 0 Å². The number of hydrogen-bond donors (Lipinski definition) is 1. The number of nitrogens with one attached hydrogen (secondary N) is 1. The van der Waals surface area contributed by atoms with Gasteiger partial charge in [0.25, 0.3) is 0 Å². The van der Waals surface area contributed by atoms with Crippen molar-refractivity contribution >= 4 is 12.2 Å². The van der Waals surface area contributed by atoms with E-state index in [0.29, 0.717) is 5.92 Å². The van der Waals surface area contributed by atoms with Gasteiger partial charge in [0.2, 0.25) is 0 Å².